The van der Waals surface area contributed by atoms with Crippen molar-refractivity contribution >= 4 is 35.2 Å². The Labute approximate surface area is 249 Å². The molecule has 3 aliphatic heterocycles. The number of nitrogens with zero attached hydrogens (tertiary/aromatic N) is 2. The van der Waals surface area contributed by atoms with Crippen LogP contribution in [0, 0.1) is 31.6 Å². The van der Waals surface area contributed by atoms with Crippen molar-refractivity contribution in [1.82, 2.24) is 4.90 Å². The Morgan fingerprint density at radius 1 is 1.17 bits per heavy atom. The number of esters is 1. The van der Waals surface area contributed by atoms with E-state index >= 15 is 0 Å². The summed E-state index contributed by atoms with van der Waals surface area (Å²) in [5, 5.41) is 9.27. The number of hydrogen-bond donors (Lipinski definition) is 1. The molecule has 6 atom stereocenters. The van der Waals surface area contributed by atoms with E-state index in [4.69, 9.17) is 4.74 Å². The minimum atomic E-state index is -0.695. The van der Waals surface area contributed by atoms with Crippen LogP contribution in [0.4, 0.5) is 5.69 Å². The van der Waals surface area contributed by atoms with Gasteiger partial charge in [0.1, 0.15) is 6.04 Å². The second-order valence-electron chi connectivity index (χ2n) is 11.8. The van der Waals surface area contributed by atoms with Gasteiger partial charge < -0.3 is 19.6 Å². The summed E-state index contributed by atoms with van der Waals surface area (Å²) < 4.78 is 5.05. The molecule has 0 aliphatic carbocycles. The lowest BCUT2D eigenvalue weighted by Crippen LogP contribution is -2.57. The van der Waals surface area contributed by atoms with Crippen LogP contribution >= 0.6 is 11.8 Å². The molecular formula is C33H46N2O5S. The number of thioether (sulfide) groups is 1. The molecule has 1 aromatic rings. The van der Waals surface area contributed by atoms with E-state index in [2.05, 4.69) is 20.1 Å². The topological polar surface area (TPSA) is 87.1 Å². The molecule has 1 N–H and O–H groups in total. The first-order valence-electron chi connectivity index (χ1n) is 15.1. The van der Waals surface area contributed by atoms with Crippen molar-refractivity contribution in [2.24, 2.45) is 17.8 Å². The number of allylic oxidation sites excluding steroid dienone is 1. The maximum atomic E-state index is 14.8. The Morgan fingerprint density at radius 3 is 2.66 bits per heavy atom. The SMILES string of the molecule is C=CCCCCOC(=O)[C@@H]1[C@H]2C(=O)N(CCCCCO)C(C(=O)N(CC=C)c3cc(C)ccc3C)C23S[C@@H]1CC3C. The zero-order valence-electron chi connectivity index (χ0n) is 24.8. The maximum absolute atomic E-state index is 14.8. The molecule has 1 spiro atoms. The van der Waals surface area contributed by atoms with Gasteiger partial charge in [0, 0.05) is 30.6 Å². The van der Waals surface area contributed by atoms with Crippen LogP contribution < -0.4 is 4.90 Å². The van der Waals surface area contributed by atoms with Gasteiger partial charge in [-0.2, -0.15) is 0 Å². The van der Waals surface area contributed by atoms with E-state index in [9.17, 15) is 19.5 Å². The highest BCUT2D eigenvalue weighted by atomic mass is 32.2. The summed E-state index contributed by atoms with van der Waals surface area (Å²) in [4.78, 5) is 46.1. The maximum Gasteiger partial charge on any atom is 0.310 e. The van der Waals surface area contributed by atoms with Crippen LogP contribution in [0.1, 0.15) is 63.0 Å². The van der Waals surface area contributed by atoms with Crippen LogP contribution in [0.25, 0.3) is 0 Å². The quantitative estimate of drug-likeness (QED) is 0.173. The molecule has 0 saturated carbocycles. The molecule has 2 bridgehead atoms. The molecule has 7 nitrogen and oxygen atoms in total. The van der Waals surface area contributed by atoms with Gasteiger partial charge in [-0.15, -0.1) is 24.9 Å². The Hall–Kier alpha value is -2.58. The second kappa shape index (κ2) is 13.6. The lowest BCUT2D eigenvalue weighted by Gasteiger charge is -2.40. The molecule has 3 saturated heterocycles. The van der Waals surface area contributed by atoms with Crippen LogP contribution in [0.3, 0.4) is 0 Å². The number of ether oxygens (including phenoxy) is 1. The molecule has 2 amide bonds. The summed E-state index contributed by atoms with van der Waals surface area (Å²) in [6.07, 6.45) is 8.98. The van der Waals surface area contributed by atoms with Crippen LogP contribution in [0.5, 0.6) is 0 Å². The van der Waals surface area contributed by atoms with E-state index in [-0.39, 0.29) is 35.6 Å². The molecule has 0 radical (unpaired) electrons. The number of aryl methyl sites for hydroxylation is 2. The van der Waals surface area contributed by atoms with Crippen LogP contribution in [0.2, 0.25) is 0 Å². The Balaban J connectivity index is 1.70. The number of aliphatic hydroxyl groups excluding tert-OH is 1. The van der Waals surface area contributed by atoms with Gasteiger partial charge >= 0.3 is 5.97 Å². The molecule has 3 unspecified atom stereocenters. The number of amides is 2. The highest BCUT2D eigenvalue weighted by molar-refractivity contribution is 8.02. The number of rotatable bonds is 15. The van der Waals surface area contributed by atoms with Crippen molar-refractivity contribution < 1.29 is 24.2 Å². The van der Waals surface area contributed by atoms with E-state index in [0.29, 0.717) is 32.5 Å². The molecule has 3 aliphatic rings. The number of carbonyl (C=O) groups excluding carboxylic acids is 3. The minimum Gasteiger partial charge on any atom is -0.465 e. The zero-order chi connectivity index (χ0) is 29.7. The average Bonchev–Trinajstić information content (AvgIpc) is 3.54. The number of likely N-dealkylation sites (tertiary alicyclic amines) is 1. The predicted molar refractivity (Wildman–Crippen MR) is 165 cm³/mol. The van der Waals surface area contributed by atoms with E-state index in [1.54, 1.807) is 27.6 Å². The number of aliphatic hydroxyl groups is 1. The molecule has 41 heavy (non-hydrogen) atoms. The fourth-order valence-corrected chi connectivity index (χ4v) is 9.54. The van der Waals surface area contributed by atoms with Gasteiger partial charge in [0.15, 0.2) is 0 Å². The largest absolute Gasteiger partial charge is 0.465 e. The third-order valence-electron chi connectivity index (χ3n) is 9.09. The molecule has 0 aromatic heterocycles. The van der Waals surface area contributed by atoms with Crippen molar-refractivity contribution in [2.75, 3.05) is 31.2 Å². The van der Waals surface area contributed by atoms with Crippen molar-refractivity contribution in [3.63, 3.8) is 0 Å². The highest BCUT2D eigenvalue weighted by Crippen LogP contribution is 2.68. The lowest BCUT2D eigenvalue weighted by atomic mass is 9.66. The minimum absolute atomic E-state index is 0.0416. The average molecular weight is 583 g/mol. The first kappa shape index (κ1) is 31.4. The molecule has 1 aromatic carbocycles. The molecule has 3 heterocycles. The van der Waals surface area contributed by atoms with Crippen molar-refractivity contribution in [3.8, 4) is 0 Å². The summed E-state index contributed by atoms with van der Waals surface area (Å²) in [5.41, 5.74) is 2.85. The number of benzene rings is 1. The molecule has 4 rings (SSSR count). The van der Waals surface area contributed by atoms with Gasteiger partial charge in [0.25, 0.3) is 5.91 Å². The summed E-state index contributed by atoms with van der Waals surface area (Å²) in [6.45, 7) is 15.0. The number of fused-ring (bicyclic) bond motifs is 1. The molecule has 8 heteroatoms. The number of carbonyl (C=O) groups is 3. The lowest BCUT2D eigenvalue weighted by molar-refractivity contribution is -0.154. The molecular weight excluding hydrogens is 536 g/mol. The van der Waals surface area contributed by atoms with E-state index in [0.717, 1.165) is 48.9 Å². The summed E-state index contributed by atoms with van der Waals surface area (Å²) >= 11 is 1.68. The third kappa shape index (κ3) is 5.87. The normalized spacial score (nSPS) is 28.0. The zero-order valence-corrected chi connectivity index (χ0v) is 25.7. The van der Waals surface area contributed by atoms with Gasteiger partial charge in [0.05, 0.1) is 23.2 Å². The number of hydrogen-bond acceptors (Lipinski definition) is 6. The van der Waals surface area contributed by atoms with E-state index in [1.165, 1.54) is 0 Å². The van der Waals surface area contributed by atoms with Gasteiger partial charge in [-0.3, -0.25) is 14.4 Å². The Morgan fingerprint density at radius 2 is 1.95 bits per heavy atom. The Kier molecular flexibility index (Phi) is 10.4. The van der Waals surface area contributed by atoms with Crippen LogP contribution in [-0.2, 0) is 19.1 Å². The van der Waals surface area contributed by atoms with Crippen LogP contribution in [0.15, 0.2) is 43.5 Å². The predicted octanol–water partition coefficient (Wildman–Crippen LogP) is 5.22. The van der Waals surface area contributed by atoms with Gasteiger partial charge in [-0.05, 0) is 81.9 Å². The van der Waals surface area contributed by atoms with E-state index in [1.807, 2.05) is 38.1 Å². The summed E-state index contributed by atoms with van der Waals surface area (Å²) in [7, 11) is 0. The van der Waals surface area contributed by atoms with Gasteiger partial charge in [-0.25, -0.2) is 0 Å². The van der Waals surface area contributed by atoms with Crippen molar-refractivity contribution in [3.05, 3.63) is 54.6 Å². The smallest absolute Gasteiger partial charge is 0.310 e. The fourth-order valence-electron chi connectivity index (χ4n) is 7.13. The van der Waals surface area contributed by atoms with Crippen molar-refractivity contribution in [2.45, 2.75) is 81.8 Å². The van der Waals surface area contributed by atoms with Crippen LogP contribution in [-0.4, -0.2) is 70.1 Å². The first-order chi connectivity index (χ1) is 19.7. The molecule has 3 fully saturated rings. The highest BCUT2D eigenvalue weighted by Gasteiger charge is 2.76. The monoisotopic (exact) mass is 582 g/mol. The van der Waals surface area contributed by atoms with E-state index < -0.39 is 22.6 Å². The second-order valence-corrected chi connectivity index (χ2v) is 13.4. The number of unbranched alkanes of at least 4 members (excludes halogenated alkanes) is 4. The fraction of sp³-hybridized carbons (Fsp3) is 0.606. The van der Waals surface area contributed by atoms with Gasteiger partial charge in [-0.1, -0.05) is 31.2 Å². The summed E-state index contributed by atoms with van der Waals surface area (Å²) in [5.74, 6) is -1.58. The first-order valence-corrected chi connectivity index (χ1v) is 16.0. The standard InChI is InChI=1S/C33H46N2O5S/c1-6-8-9-13-19-40-32(39)27-26-21-24(5)33(41-26)28(27)30(37)35(17-11-10-12-18-36)29(33)31(38)34(16-7-2)25-20-22(3)14-15-23(25)4/h6-7,14-15,20,24,26-29,36H,1-2,8-13,16-19,21H2,3-5H3/t24?,26-,27+,28+,29?,33?/m1/s1. The van der Waals surface area contributed by atoms with Crippen molar-refractivity contribution in [1.29, 1.82) is 0 Å². The van der Waals surface area contributed by atoms with Gasteiger partial charge in [0.2, 0.25) is 5.91 Å². The third-order valence-corrected chi connectivity index (χ3v) is 11.2. The number of anilines is 1. The molecule has 224 valence electrons. The Bertz CT molecular complexity index is 1150. The summed E-state index contributed by atoms with van der Waals surface area (Å²) in [6, 6.07) is 5.37.